The van der Waals surface area contributed by atoms with E-state index in [0.717, 1.165) is 0 Å². The van der Waals surface area contributed by atoms with E-state index in [4.69, 9.17) is 4.74 Å². The van der Waals surface area contributed by atoms with Crippen molar-refractivity contribution in [2.75, 3.05) is 12.4 Å². The van der Waals surface area contributed by atoms with Crippen molar-refractivity contribution in [2.45, 2.75) is 45.3 Å². The Labute approximate surface area is 173 Å². The zero-order chi connectivity index (χ0) is 22.3. The Morgan fingerprint density at radius 2 is 1.93 bits per heavy atom. The van der Waals surface area contributed by atoms with Crippen LogP contribution < -0.4 is 10.6 Å². The van der Waals surface area contributed by atoms with Gasteiger partial charge in [-0.3, -0.25) is 9.59 Å². The molecule has 0 saturated heterocycles. The number of methoxy groups -OCH3 is 1. The molecule has 10 heteroatoms. The maximum absolute atomic E-state index is 13.9. The fourth-order valence-corrected chi connectivity index (χ4v) is 2.47. The number of anilines is 1. The molecule has 0 fully saturated rings. The number of benzene rings is 1. The molecule has 1 unspecified atom stereocenters. The van der Waals surface area contributed by atoms with Crippen LogP contribution in [0, 0.1) is 5.82 Å². The third-order valence-electron chi connectivity index (χ3n) is 3.82. The molecule has 0 bridgehead atoms. The van der Waals surface area contributed by atoms with Crippen LogP contribution >= 0.6 is 0 Å². The Kier molecular flexibility index (Phi) is 7.51. The van der Waals surface area contributed by atoms with Gasteiger partial charge >= 0.3 is 12.1 Å². The molecule has 1 aromatic carbocycles. The number of esters is 1. The van der Waals surface area contributed by atoms with Crippen molar-refractivity contribution in [1.29, 1.82) is 0 Å². The molecule has 0 radical (unpaired) electrons. The zero-order valence-electron chi connectivity index (χ0n) is 17.3. The summed E-state index contributed by atoms with van der Waals surface area (Å²) >= 11 is 0. The van der Waals surface area contributed by atoms with Gasteiger partial charge in [0.15, 0.2) is 0 Å². The molecule has 0 aliphatic rings. The quantitative estimate of drug-likeness (QED) is 0.667. The van der Waals surface area contributed by atoms with Crippen molar-refractivity contribution in [3.05, 3.63) is 42.5 Å². The highest BCUT2D eigenvalue weighted by Gasteiger charge is 2.25. The molecule has 0 aliphatic carbocycles. The third kappa shape index (κ3) is 6.87. The number of aromatic nitrogens is 2. The van der Waals surface area contributed by atoms with E-state index in [1.165, 1.54) is 36.3 Å². The predicted molar refractivity (Wildman–Crippen MR) is 107 cm³/mol. The number of rotatable bonds is 7. The van der Waals surface area contributed by atoms with Crippen LogP contribution in [0.5, 0.6) is 0 Å². The van der Waals surface area contributed by atoms with Gasteiger partial charge in [-0.25, -0.2) is 13.9 Å². The first-order valence-electron chi connectivity index (χ1n) is 9.26. The number of alkyl carbamates (subject to hydrolysis) is 1. The molecule has 1 atom stereocenters. The normalized spacial score (nSPS) is 12.0. The highest BCUT2D eigenvalue weighted by Crippen LogP contribution is 2.16. The number of carbonyl (C=O) groups is 3. The van der Waals surface area contributed by atoms with Crippen molar-refractivity contribution in [2.24, 2.45) is 0 Å². The third-order valence-corrected chi connectivity index (χ3v) is 3.82. The summed E-state index contributed by atoms with van der Waals surface area (Å²) in [6, 6.07) is 4.99. The number of hydrogen-bond acceptors (Lipinski definition) is 6. The minimum atomic E-state index is -1.06. The fraction of sp³-hybridized carbons (Fsp3) is 0.400. The van der Waals surface area contributed by atoms with Gasteiger partial charge in [-0.2, -0.15) is 5.10 Å². The van der Waals surface area contributed by atoms with Gasteiger partial charge in [0.1, 0.15) is 23.1 Å². The van der Waals surface area contributed by atoms with Crippen molar-refractivity contribution >= 4 is 23.7 Å². The first-order chi connectivity index (χ1) is 14.1. The highest BCUT2D eigenvalue weighted by atomic mass is 19.1. The van der Waals surface area contributed by atoms with Gasteiger partial charge in [0, 0.05) is 6.42 Å². The second kappa shape index (κ2) is 9.86. The molecule has 0 spiro atoms. The Morgan fingerprint density at radius 1 is 1.23 bits per heavy atom. The first kappa shape index (κ1) is 22.9. The van der Waals surface area contributed by atoms with E-state index in [0.29, 0.717) is 0 Å². The second-order valence-electron chi connectivity index (χ2n) is 7.43. The Morgan fingerprint density at radius 3 is 2.57 bits per heavy atom. The van der Waals surface area contributed by atoms with Crippen LogP contribution in [0.15, 0.2) is 36.7 Å². The van der Waals surface area contributed by atoms with Crippen molar-refractivity contribution < 1.29 is 28.2 Å². The number of amides is 2. The molecule has 9 nitrogen and oxygen atoms in total. The lowest BCUT2D eigenvalue weighted by Gasteiger charge is -2.23. The number of nitrogens with one attached hydrogen (secondary N) is 2. The van der Waals surface area contributed by atoms with E-state index in [-0.39, 0.29) is 24.2 Å². The average Bonchev–Trinajstić information content (AvgIpc) is 3.11. The van der Waals surface area contributed by atoms with E-state index < -0.39 is 35.4 Å². The molecule has 2 aromatic rings. The summed E-state index contributed by atoms with van der Waals surface area (Å²) in [5.74, 6) is -1.58. The summed E-state index contributed by atoms with van der Waals surface area (Å²) in [7, 11) is 1.23. The molecule has 2 amide bonds. The monoisotopic (exact) mass is 420 g/mol. The first-order valence-corrected chi connectivity index (χ1v) is 9.26. The Balaban J connectivity index is 2.10. The molecular formula is C20H25FN4O5. The lowest BCUT2D eigenvalue weighted by Crippen LogP contribution is -2.46. The standard InChI is InChI=1S/C20H25FN4O5/c1-20(2,3)30-19(28)24-15(9-10-17(26)29-4)18(27)23-13-11-22-25(12-13)16-8-6-5-7-14(16)21/h5-8,11-12,15H,9-10H2,1-4H3,(H,23,27)(H,24,28). The van der Waals surface area contributed by atoms with Gasteiger partial charge in [0.25, 0.3) is 0 Å². The van der Waals surface area contributed by atoms with Gasteiger partial charge in [-0.1, -0.05) is 12.1 Å². The summed E-state index contributed by atoms with van der Waals surface area (Å²) in [4.78, 5) is 36.2. The topological polar surface area (TPSA) is 112 Å². The van der Waals surface area contributed by atoms with Crippen LogP contribution in [0.3, 0.4) is 0 Å². The van der Waals surface area contributed by atoms with Crippen molar-refractivity contribution in [3.63, 3.8) is 0 Å². The number of halogens is 1. The molecule has 162 valence electrons. The van der Waals surface area contributed by atoms with E-state index >= 15 is 0 Å². The van der Waals surface area contributed by atoms with E-state index in [2.05, 4.69) is 20.5 Å². The van der Waals surface area contributed by atoms with Gasteiger partial charge in [0.05, 0.1) is 25.2 Å². The lowest BCUT2D eigenvalue weighted by molar-refractivity contribution is -0.140. The summed E-state index contributed by atoms with van der Waals surface area (Å²) < 4.78 is 24.9. The molecule has 0 aliphatic heterocycles. The van der Waals surface area contributed by atoms with Crippen LogP contribution in [-0.4, -0.2) is 46.5 Å². The van der Waals surface area contributed by atoms with Gasteiger partial charge in [0.2, 0.25) is 5.91 Å². The number of nitrogens with zero attached hydrogens (tertiary/aromatic N) is 2. The Hall–Kier alpha value is -3.43. The minimum absolute atomic E-state index is 0.000794. The largest absolute Gasteiger partial charge is 0.469 e. The molecule has 1 heterocycles. The van der Waals surface area contributed by atoms with E-state index in [1.807, 2.05) is 0 Å². The molecule has 30 heavy (non-hydrogen) atoms. The summed E-state index contributed by atoms with van der Waals surface area (Å²) in [5.41, 5.74) is -0.251. The number of para-hydroxylation sites is 1. The summed E-state index contributed by atoms with van der Waals surface area (Å²) in [6.07, 6.45) is 1.89. The highest BCUT2D eigenvalue weighted by molar-refractivity contribution is 5.96. The predicted octanol–water partition coefficient (Wildman–Crippen LogP) is 2.80. The average molecular weight is 420 g/mol. The molecule has 2 N–H and O–H groups in total. The van der Waals surface area contributed by atoms with E-state index in [1.54, 1.807) is 32.9 Å². The Bertz CT molecular complexity index is 907. The van der Waals surface area contributed by atoms with Crippen LogP contribution in [0.2, 0.25) is 0 Å². The van der Waals surface area contributed by atoms with Gasteiger partial charge < -0.3 is 20.1 Å². The minimum Gasteiger partial charge on any atom is -0.469 e. The number of hydrogen-bond donors (Lipinski definition) is 2. The SMILES string of the molecule is COC(=O)CCC(NC(=O)OC(C)(C)C)C(=O)Nc1cnn(-c2ccccc2F)c1. The van der Waals surface area contributed by atoms with Gasteiger partial charge in [-0.05, 0) is 39.3 Å². The maximum atomic E-state index is 13.9. The summed E-state index contributed by atoms with van der Waals surface area (Å²) in [5, 5.41) is 9.08. The molecular weight excluding hydrogens is 395 g/mol. The number of carbonyl (C=O) groups excluding carboxylic acids is 3. The van der Waals surface area contributed by atoms with E-state index in [9.17, 15) is 18.8 Å². The van der Waals surface area contributed by atoms with Crippen LogP contribution in [0.4, 0.5) is 14.9 Å². The maximum Gasteiger partial charge on any atom is 0.408 e. The smallest absolute Gasteiger partial charge is 0.408 e. The van der Waals surface area contributed by atoms with Gasteiger partial charge in [-0.15, -0.1) is 0 Å². The second-order valence-corrected chi connectivity index (χ2v) is 7.43. The van der Waals surface area contributed by atoms with Crippen LogP contribution in [0.25, 0.3) is 5.69 Å². The molecule has 1 aromatic heterocycles. The lowest BCUT2D eigenvalue weighted by atomic mass is 10.1. The molecule has 0 saturated carbocycles. The molecule has 2 rings (SSSR count). The fourth-order valence-electron chi connectivity index (χ4n) is 2.47. The zero-order valence-corrected chi connectivity index (χ0v) is 17.3. The summed E-state index contributed by atoms with van der Waals surface area (Å²) in [6.45, 7) is 5.06. The van der Waals surface area contributed by atoms with Crippen molar-refractivity contribution in [1.82, 2.24) is 15.1 Å². The van der Waals surface area contributed by atoms with Crippen molar-refractivity contribution in [3.8, 4) is 5.69 Å². The number of ether oxygens (including phenoxy) is 2. The van der Waals surface area contributed by atoms with Crippen LogP contribution in [0.1, 0.15) is 33.6 Å². The van der Waals surface area contributed by atoms with Crippen LogP contribution in [-0.2, 0) is 19.1 Å².